The number of hydrogen-bond acceptors (Lipinski definition) is 8. The average molecular weight is 1230 g/mol. The number of pyridine rings is 5. The van der Waals surface area contributed by atoms with Crippen LogP contribution in [0.4, 0.5) is 0 Å². The number of nitrogens with zero attached hydrogens (tertiary/aromatic N) is 14. The van der Waals surface area contributed by atoms with Crippen molar-refractivity contribution in [3.05, 3.63) is 292 Å². The van der Waals surface area contributed by atoms with Crippen LogP contribution in [0.3, 0.4) is 0 Å². The van der Waals surface area contributed by atoms with Crippen LogP contribution in [0.15, 0.2) is 292 Å². The Bertz CT molecular complexity index is 6290. The Labute approximate surface area is 544 Å². The van der Waals surface area contributed by atoms with Crippen LogP contribution in [-0.4, -0.2) is 67.3 Å². The molecule has 0 saturated heterocycles. The monoisotopic (exact) mass is 1230 g/mol. The van der Waals surface area contributed by atoms with Crippen LogP contribution in [0, 0.1) is 0 Å². The van der Waals surface area contributed by atoms with E-state index in [0.717, 1.165) is 165 Å². The van der Waals surface area contributed by atoms with Crippen molar-refractivity contribution in [3.63, 3.8) is 0 Å². The number of fused-ring (bicyclic) bond motifs is 18. The normalized spacial score (nSPS) is 12.2. The third kappa shape index (κ3) is 7.17. The zero-order valence-corrected chi connectivity index (χ0v) is 51.0. The Kier molecular flexibility index (Phi) is 10.9. The first kappa shape index (κ1) is 52.2. The predicted octanol–water partition coefficient (Wildman–Crippen LogP) is 18.8. The molecule has 12 aromatic heterocycles. The summed E-state index contributed by atoms with van der Waals surface area (Å²) >= 11 is 0. The minimum atomic E-state index is 0.395. The second-order valence-corrected chi connectivity index (χ2v) is 24.4. The second kappa shape index (κ2) is 20.0. The predicted molar refractivity (Wildman–Crippen MR) is 386 cm³/mol. The quantitative estimate of drug-likeness (QED) is 0.147. The van der Waals surface area contributed by atoms with Gasteiger partial charge in [0.1, 0.15) is 0 Å². The van der Waals surface area contributed by atoms with E-state index in [1.54, 1.807) is 0 Å². The molecule has 12 heterocycles. The molecule has 96 heavy (non-hydrogen) atoms. The molecule has 0 bridgehead atoms. The first-order valence-electron chi connectivity index (χ1n) is 32.0. The molecular formula is C82H48N14. The van der Waals surface area contributed by atoms with Gasteiger partial charge in [-0.3, -0.25) is 29.5 Å². The summed E-state index contributed by atoms with van der Waals surface area (Å²) in [6.07, 6.45) is 19.5. The van der Waals surface area contributed by atoms with Crippen molar-refractivity contribution in [2.45, 2.75) is 0 Å². The van der Waals surface area contributed by atoms with Gasteiger partial charge in [-0.1, -0.05) is 158 Å². The van der Waals surface area contributed by atoms with E-state index in [4.69, 9.17) is 39.9 Å². The summed E-state index contributed by atoms with van der Waals surface area (Å²) in [6.45, 7) is 0. The summed E-state index contributed by atoms with van der Waals surface area (Å²) < 4.78 is 14.4. The van der Waals surface area contributed by atoms with Gasteiger partial charge in [-0.2, -0.15) is 9.97 Å². The Morgan fingerprint density at radius 3 is 0.740 bits per heavy atom. The molecule has 9 aromatic carbocycles. The SMILES string of the molecule is c1ccc(-c2nc(-c3c(-n4c5ccccc5c5ccncc54)c(-n4c5ccccc5c5ccncc54)c(-n4c5ccccc5c5ccncc54)c(-n4c5ccccc5c5ccncc54)c3-n3c4ccccc4c4ccncc43)nc(-n3c4ccccc4c4ccccc43)n2)cc1. The number of hydrogen-bond donors (Lipinski definition) is 0. The van der Waals surface area contributed by atoms with Crippen molar-refractivity contribution in [2.24, 2.45) is 0 Å². The number of aromatic nitrogens is 14. The van der Waals surface area contributed by atoms with Crippen molar-refractivity contribution in [3.8, 4) is 57.2 Å². The maximum atomic E-state index is 6.14. The van der Waals surface area contributed by atoms with Crippen LogP contribution in [-0.2, 0) is 0 Å². The molecule has 0 unspecified atom stereocenters. The summed E-state index contributed by atoms with van der Waals surface area (Å²) in [7, 11) is 0. The topological polar surface area (TPSA) is 133 Å². The van der Waals surface area contributed by atoms with Crippen LogP contribution in [0.2, 0.25) is 0 Å². The van der Waals surface area contributed by atoms with Gasteiger partial charge in [-0.15, -0.1) is 0 Å². The zero-order valence-electron chi connectivity index (χ0n) is 51.0. The third-order valence-electron chi connectivity index (χ3n) is 19.5. The molecule has 0 saturated carbocycles. The molecule has 446 valence electrons. The third-order valence-corrected chi connectivity index (χ3v) is 19.5. The van der Waals surface area contributed by atoms with Crippen LogP contribution < -0.4 is 0 Å². The highest BCUT2D eigenvalue weighted by molar-refractivity contribution is 6.19. The fourth-order valence-corrected chi connectivity index (χ4v) is 15.7. The molecule has 14 heteroatoms. The molecule has 0 amide bonds. The van der Waals surface area contributed by atoms with Gasteiger partial charge in [0.2, 0.25) is 5.95 Å². The van der Waals surface area contributed by atoms with E-state index in [1.807, 2.05) is 80.2 Å². The van der Waals surface area contributed by atoms with Gasteiger partial charge >= 0.3 is 0 Å². The lowest BCUT2D eigenvalue weighted by molar-refractivity contribution is 0.942. The molecule has 0 aliphatic rings. The van der Waals surface area contributed by atoms with E-state index in [0.29, 0.717) is 23.2 Å². The fourth-order valence-electron chi connectivity index (χ4n) is 15.7. The smallest absolute Gasteiger partial charge is 0.238 e. The minimum absolute atomic E-state index is 0.395. The van der Waals surface area contributed by atoms with Gasteiger partial charge in [0, 0.05) is 101 Å². The first-order valence-corrected chi connectivity index (χ1v) is 32.0. The molecule has 0 aliphatic heterocycles. The average Bonchev–Trinajstić information content (AvgIpc) is 1.42. The Hall–Kier alpha value is -13.5. The Morgan fingerprint density at radius 2 is 0.427 bits per heavy atom. The summed E-state index contributed by atoms with van der Waals surface area (Å²) in [4.78, 5) is 43.1. The molecule has 14 nitrogen and oxygen atoms in total. The fraction of sp³-hybridized carbons (Fsp3) is 0. The van der Waals surface area contributed by atoms with Crippen LogP contribution in [0.1, 0.15) is 0 Å². The summed E-state index contributed by atoms with van der Waals surface area (Å²) in [5, 5.41) is 12.4. The van der Waals surface area contributed by atoms with Gasteiger partial charge in [0.15, 0.2) is 11.6 Å². The minimum Gasteiger partial charge on any atom is -0.305 e. The van der Waals surface area contributed by atoms with Gasteiger partial charge in [0.05, 0.1) is 131 Å². The second-order valence-electron chi connectivity index (χ2n) is 24.4. The number of benzene rings is 9. The molecule has 0 atom stereocenters. The van der Waals surface area contributed by atoms with E-state index >= 15 is 0 Å². The maximum absolute atomic E-state index is 6.14. The van der Waals surface area contributed by atoms with Crippen molar-refractivity contribution in [2.75, 3.05) is 0 Å². The van der Waals surface area contributed by atoms with Crippen LogP contribution in [0.25, 0.3) is 188 Å². The van der Waals surface area contributed by atoms with E-state index in [2.05, 4.69) is 240 Å². The lowest BCUT2D eigenvalue weighted by atomic mass is 9.99. The van der Waals surface area contributed by atoms with E-state index in [9.17, 15) is 0 Å². The molecule has 0 spiro atoms. The first-order chi connectivity index (χ1) is 47.7. The molecule has 0 N–H and O–H groups in total. The van der Waals surface area contributed by atoms with Crippen LogP contribution in [0.5, 0.6) is 0 Å². The summed E-state index contributed by atoms with van der Waals surface area (Å²) in [5.41, 5.74) is 16.3. The highest BCUT2D eigenvalue weighted by Gasteiger charge is 2.38. The van der Waals surface area contributed by atoms with Crippen molar-refractivity contribution in [1.29, 1.82) is 0 Å². The van der Waals surface area contributed by atoms with Gasteiger partial charge in [-0.25, -0.2) is 4.98 Å². The zero-order chi connectivity index (χ0) is 62.7. The van der Waals surface area contributed by atoms with E-state index in [1.165, 1.54) is 0 Å². The molecule has 0 fully saturated rings. The largest absolute Gasteiger partial charge is 0.305 e. The van der Waals surface area contributed by atoms with Gasteiger partial charge < -0.3 is 22.8 Å². The van der Waals surface area contributed by atoms with E-state index < -0.39 is 0 Å². The number of rotatable bonds is 8. The van der Waals surface area contributed by atoms with Crippen molar-refractivity contribution >= 4 is 131 Å². The lowest BCUT2D eigenvalue weighted by Gasteiger charge is -2.31. The molecule has 0 aliphatic carbocycles. The van der Waals surface area contributed by atoms with Crippen molar-refractivity contribution < 1.29 is 0 Å². The molecule has 21 aromatic rings. The molecule has 0 radical (unpaired) electrons. The standard InChI is InChI=1S/C82H48N14/c1-2-18-49(19-3-1)80-88-81(90-82(89-80)96-67-32-16-9-20-50(67)51-21-10-17-33-68(51)96)74-75(91-62-27-11-4-22-52(62)57-34-39-83-44-69(57)91)77(93-64-29-13-6-24-54(64)59-36-41-85-46-71(59)93)79(95-66-31-15-8-26-56(66)61-38-43-87-48-73(61)95)78(94-65-30-14-7-25-55(65)60-37-42-86-47-72(60)94)76(74)92-63-28-12-5-23-53(63)58-35-40-84-45-70(58)92/h1-48H. The molecular weight excluding hydrogens is 1180 g/mol. The lowest BCUT2D eigenvalue weighted by Crippen LogP contribution is -2.19. The highest BCUT2D eigenvalue weighted by atomic mass is 15.2. The summed E-state index contributed by atoms with van der Waals surface area (Å²) in [6, 6.07) is 81.5. The van der Waals surface area contributed by atoms with Crippen LogP contribution >= 0.6 is 0 Å². The maximum Gasteiger partial charge on any atom is 0.238 e. The molecule has 21 rings (SSSR count). The van der Waals surface area contributed by atoms with Gasteiger partial charge in [0.25, 0.3) is 0 Å². The van der Waals surface area contributed by atoms with E-state index in [-0.39, 0.29) is 0 Å². The summed E-state index contributed by atoms with van der Waals surface area (Å²) in [5.74, 6) is 1.31. The Balaban J connectivity index is 1.14. The van der Waals surface area contributed by atoms with Crippen molar-refractivity contribution in [1.82, 2.24) is 67.3 Å². The Morgan fingerprint density at radius 1 is 0.188 bits per heavy atom. The van der Waals surface area contributed by atoms with Gasteiger partial charge in [-0.05, 0) is 72.8 Å². The highest BCUT2D eigenvalue weighted by Crippen LogP contribution is 2.54. The number of para-hydroxylation sites is 7.